The van der Waals surface area contributed by atoms with Crippen LogP contribution in [0.25, 0.3) is 0 Å². The van der Waals surface area contributed by atoms with E-state index in [0.717, 1.165) is 96.3 Å². The fraction of sp³-hybridized carbons (Fsp3) is 0.623. The first kappa shape index (κ1) is 62.8. The smallest absolute Gasteiger partial charge is 0.306 e. The highest BCUT2D eigenvalue weighted by Crippen LogP contribution is 2.12. The highest BCUT2D eigenvalue weighted by atomic mass is 16.6. The molecule has 0 bridgehead atoms. The Morgan fingerprint density at radius 1 is 0.313 bits per heavy atom. The summed E-state index contributed by atoms with van der Waals surface area (Å²) in [4.78, 5) is 38.0. The zero-order valence-corrected chi connectivity index (χ0v) is 43.1. The summed E-state index contributed by atoms with van der Waals surface area (Å²) in [6.07, 6.45) is 74.8. The number of esters is 3. The Morgan fingerprint density at radius 2 is 0.612 bits per heavy atom. The Labute approximate surface area is 412 Å². The van der Waals surface area contributed by atoms with Gasteiger partial charge < -0.3 is 14.2 Å². The van der Waals surface area contributed by atoms with Gasteiger partial charge in [-0.05, 0) is 122 Å². The second-order valence-electron chi connectivity index (χ2n) is 17.4. The number of hydrogen-bond acceptors (Lipinski definition) is 6. The van der Waals surface area contributed by atoms with Crippen molar-refractivity contribution in [3.8, 4) is 0 Å². The molecule has 0 aromatic carbocycles. The fourth-order valence-corrected chi connectivity index (χ4v) is 6.88. The summed E-state index contributed by atoms with van der Waals surface area (Å²) in [6, 6.07) is 0. The minimum atomic E-state index is -0.832. The monoisotopic (exact) mass is 927 g/mol. The number of ether oxygens (including phenoxy) is 3. The van der Waals surface area contributed by atoms with E-state index in [1.165, 1.54) is 77.0 Å². The van der Waals surface area contributed by atoms with Crippen molar-refractivity contribution in [2.24, 2.45) is 0 Å². The lowest BCUT2D eigenvalue weighted by Gasteiger charge is -2.18. The van der Waals surface area contributed by atoms with Gasteiger partial charge in [0.15, 0.2) is 6.10 Å². The maximum absolute atomic E-state index is 12.8. The highest BCUT2D eigenvalue weighted by Gasteiger charge is 2.19. The molecule has 1 atom stereocenters. The molecule has 0 saturated carbocycles. The first-order valence-corrected chi connectivity index (χ1v) is 27.0. The van der Waals surface area contributed by atoms with E-state index in [4.69, 9.17) is 14.2 Å². The number of carbonyl (C=O) groups excluding carboxylic acids is 3. The summed E-state index contributed by atoms with van der Waals surface area (Å²) in [5.74, 6) is -1.07. The number of hydrogen-bond donors (Lipinski definition) is 0. The van der Waals surface area contributed by atoms with Crippen molar-refractivity contribution < 1.29 is 28.6 Å². The van der Waals surface area contributed by atoms with E-state index in [2.05, 4.69) is 130 Å². The summed E-state index contributed by atoms with van der Waals surface area (Å²) in [6.45, 7) is 6.37. The van der Waals surface area contributed by atoms with Crippen LogP contribution >= 0.6 is 0 Å². The van der Waals surface area contributed by atoms with Crippen LogP contribution in [0.2, 0.25) is 0 Å². The lowest BCUT2D eigenvalue weighted by atomic mass is 10.1. The number of carbonyl (C=O) groups is 3. The Bertz CT molecular complexity index is 1440. The van der Waals surface area contributed by atoms with Gasteiger partial charge in [-0.3, -0.25) is 14.4 Å². The zero-order valence-electron chi connectivity index (χ0n) is 43.1. The normalized spacial score (nSPS) is 13.1. The van der Waals surface area contributed by atoms with Crippen LogP contribution in [0.3, 0.4) is 0 Å². The fourth-order valence-electron chi connectivity index (χ4n) is 6.88. The molecule has 0 heterocycles. The molecule has 0 aromatic heterocycles. The Kier molecular flexibility index (Phi) is 51.0. The van der Waals surface area contributed by atoms with E-state index in [9.17, 15) is 14.4 Å². The van der Waals surface area contributed by atoms with E-state index in [1.54, 1.807) is 0 Å². The zero-order chi connectivity index (χ0) is 48.6. The van der Waals surface area contributed by atoms with Crippen LogP contribution in [0.15, 0.2) is 122 Å². The molecule has 378 valence electrons. The molecule has 0 spiro atoms. The largest absolute Gasteiger partial charge is 0.462 e. The average Bonchev–Trinajstić information content (AvgIpc) is 3.33. The second kappa shape index (κ2) is 54.4. The lowest BCUT2D eigenvalue weighted by molar-refractivity contribution is -0.166. The number of unbranched alkanes of at least 4 members (excludes halogenated alkanes) is 16. The second-order valence-corrected chi connectivity index (χ2v) is 17.4. The van der Waals surface area contributed by atoms with Crippen molar-refractivity contribution in [2.75, 3.05) is 13.2 Å². The third-order valence-corrected chi connectivity index (χ3v) is 10.9. The van der Waals surface area contributed by atoms with Gasteiger partial charge in [-0.2, -0.15) is 0 Å². The summed E-state index contributed by atoms with van der Waals surface area (Å²) in [7, 11) is 0. The molecule has 0 aromatic rings. The predicted molar refractivity (Wildman–Crippen MR) is 288 cm³/mol. The Morgan fingerprint density at radius 3 is 1.07 bits per heavy atom. The van der Waals surface area contributed by atoms with Crippen molar-refractivity contribution in [3.05, 3.63) is 122 Å². The summed E-state index contributed by atoms with van der Waals surface area (Å²) < 4.78 is 16.7. The third kappa shape index (κ3) is 52.6. The molecule has 0 aliphatic heterocycles. The maximum Gasteiger partial charge on any atom is 0.306 e. The molecule has 0 unspecified atom stereocenters. The molecule has 6 nitrogen and oxygen atoms in total. The first-order chi connectivity index (χ1) is 33.0. The van der Waals surface area contributed by atoms with Gasteiger partial charge in [0.05, 0.1) is 0 Å². The van der Waals surface area contributed by atoms with E-state index in [-0.39, 0.29) is 50.4 Å². The molecule has 0 aliphatic carbocycles. The van der Waals surface area contributed by atoms with Crippen molar-refractivity contribution in [3.63, 3.8) is 0 Å². The molecule has 0 rings (SSSR count). The van der Waals surface area contributed by atoms with Crippen LogP contribution in [0, 0.1) is 0 Å². The molecule has 0 radical (unpaired) electrons. The number of allylic oxidation sites excluding steroid dienone is 20. The lowest BCUT2D eigenvalue weighted by Crippen LogP contribution is -2.30. The third-order valence-electron chi connectivity index (χ3n) is 10.9. The van der Waals surface area contributed by atoms with Crippen molar-refractivity contribution in [1.29, 1.82) is 0 Å². The van der Waals surface area contributed by atoms with Crippen LogP contribution in [-0.4, -0.2) is 37.2 Å². The maximum atomic E-state index is 12.8. The van der Waals surface area contributed by atoms with E-state index < -0.39 is 6.10 Å². The van der Waals surface area contributed by atoms with Crippen molar-refractivity contribution in [1.82, 2.24) is 0 Å². The number of rotatable bonds is 47. The molecule has 0 aliphatic rings. The van der Waals surface area contributed by atoms with Crippen LogP contribution < -0.4 is 0 Å². The van der Waals surface area contributed by atoms with Crippen molar-refractivity contribution >= 4 is 17.9 Å². The molecular formula is C61H98O6. The first-order valence-electron chi connectivity index (χ1n) is 27.0. The Hall–Kier alpha value is -4.19. The standard InChI is InChI=1S/C61H98O6/c1-4-7-10-13-16-19-22-25-28-29-30-31-34-36-39-42-45-48-51-54-60(63)66-57-58(67-61(64)55-52-49-46-43-40-37-33-27-24-21-18-15-12-9-6-3)56-65-59(62)53-50-47-44-41-38-35-32-26-23-20-17-14-11-8-5-2/h8,11,16-17,19-20,25-28,30-33,36,38-39,41,45,48,58H,4-7,9-10,12-15,18,21-24,29,34-35,37,40,42-44,46-47,49-57H2,1-3H3/b11-8-,19-16-,20-17-,28-25-,31-30-,32-26-,33-27-,39-36-,41-38-,48-45-/t58-/m1/s1. The van der Waals surface area contributed by atoms with Crippen LogP contribution in [0.5, 0.6) is 0 Å². The molecular weight excluding hydrogens is 829 g/mol. The van der Waals surface area contributed by atoms with Crippen LogP contribution in [0.4, 0.5) is 0 Å². The van der Waals surface area contributed by atoms with Gasteiger partial charge >= 0.3 is 17.9 Å². The topological polar surface area (TPSA) is 78.9 Å². The van der Waals surface area contributed by atoms with Gasteiger partial charge in [0.1, 0.15) is 13.2 Å². The van der Waals surface area contributed by atoms with E-state index >= 15 is 0 Å². The molecule has 67 heavy (non-hydrogen) atoms. The minimum absolute atomic E-state index is 0.129. The van der Waals surface area contributed by atoms with Gasteiger partial charge in [0.2, 0.25) is 0 Å². The summed E-state index contributed by atoms with van der Waals surface area (Å²) in [5, 5.41) is 0. The van der Waals surface area contributed by atoms with Gasteiger partial charge in [0.25, 0.3) is 0 Å². The molecule has 0 N–H and O–H groups in total. The quantitative estimate of drug-likeness (QED) is 0.0262. The van der Waals surface area contributed by atoms with Gasteiger partial charge in [-0.25, -0.2) is 0 Å². The average molecular weight is 927 g/mol. The predicted octanol–water partition coefficient (Wildman–Crippen LogP) is 18.1. The summed E-state index contributed by atoms with van der Waals surface area (Å²) in [5.41, 5.74) is 0. The van der Waals surface area contributed by atoms with E-state index in [0.29, 0.717) is 12.8 Å². The SMILES string of the molecule is CC/C=C\C/C=C\C/C=C\C/C=C\CCCCC(=O)OC[C@H](COC(=O)CC/C=C\C/C=C\C/C=C\C/C=C\C/C=C\CCCCC)OC(=O)CCCCCCC/C=C\CCCCCCCC. The van der Waals surface area contributed by atoms with Gasteiger partial charge in [0, 0.05) is 19.3 Å². The minimum Gasteiger partial charge on any atom is -0.462 e. The molecule has 0 amide bonds. The van der Waals surface area contributed by atoms with E-state index in [1.807, 2.05) is 12.2 Å². The van der Waals surface area contributed by atoms with Crippen molar-refractivity contribution in [2.45, 2.75) is 232 Å². The summed E-state index contributed by atoms with van der Waals surface area (Å²) >= 11 is 0. The molecule has 0 fully saturated rings. The molecule has 6 heteroatoms. The highest BCUT2D eigenvalue weighted by molar-refractivity contribution is 5.71. The van der Waals surface area contributed by atoms with Crippen LogP contribution in [0.1, 0.15) is 226 Å². The van der Waals surface area contributed by atoms with Gasteiger partial charge in [-0.15, -0.1) is 0 Å². The van der Waals surface area contributed by atoms with Gasteiger partial charge in [-0.1, -0.05) is 206 Å². The molecule has 0 saturated heterocycles. The van der Waals surface area contributed by atoms with Crippen LogP contribution in [-0.2, 0) is 28.6 Å². The Balaban J connectivity index is 4.59.